The zero-order chi connectivity index (χ0) is 19.5. The van der Waals surface area contributed by atoms with Gasteiger partial charge in [0.15, 0.2) is 0 Å². The van der Waals surface area contributed by atoms with Crippen LogP contribution in [0.15, 0.2) is 0 Å². The molecule has 2 unspecified atom stereocenters. The van der Waals surface area contributed by atoms with Crippen LogP contribution < -0.4 is 0 Å². The zero-order valence-corrected chi connectivity index (χ0v) is 18.9. The molecule has 0 radical (unpaired) electrons. The van der Waals surface area contributed by atoms with E-state index < -0.39 is 7.60 Å². The normalized spacial score (nSPS) is 15.1. The van der Waals surface area contributed by atoms with Crippen molar-refractivity contribution < 1.29 is 18.3 Å². The third-order valence-electron chi connectivity index (χ3n) is 4.83. The molecule has 0 aliphatic carbocycles. The third kappa shape index (κ3) is 15.2. The van der Waals surface area contributed by atoms with Crippen molar-refractivity contribution in [3.63, 3.8) is 0 Å². The van der Waals surface area contributed by atoms with Gasteiger partial charge in [-0.15, -0.1) is 0 Å². The number of rotatable bonds is 20. The number of unbranched alkanes of at least 4 members (excludes halogenated alkanes) is 6. The van der Waals surface area contributed by atoms with Crippen molar-refractivity contribution in [1.82, 2.24) is 0 Å². The molecule has 158 valence electrons. The molecule has 0 saturated heterocycles. The Kier molecular flexibility index (Phi) is 18.6. The molecule has 0 amide bonds. The van der Waals surface area contributed by atoms with E-state index in [4.69, 9.17) is 13.8 Å². The van der Waals surface area contributed by atoms with Crippen LogP contribution in [-0.4, -0.2) is 33.1 Å². The van der Waals surface area contributed by atoms with Crippen molar-refractivity contribution in [2.24, 2.45) is 5.92 Å². The average Bonchev–Trinajstić information content (AvgIpc) is 2.64. The van der Waals surface area contributed by atoms with Crippen LogP contribution in [0.2, 0.25) is 0 Å². The topological polar surface area (TPSA) is 44.8 Å². The Hall–Kier alpha value is 0.110. The first-order valence-electron chi connectivity index (χ1n) is 11.0. The van der Waals surface area contributed by atoms with Crippen LogP contribution in [0.25, 0.3) is 0 Å². The molecule has 5 heteroatoms. The first-order valence-corrected chi connectivity index (χ1v) is 12.7. The minimum atomic E-state index is -2.93. The largest absolute Gasteiger partial charge is 0.385 e. The average molecular weight is 393 g/mol. The van der Waals surface area contributed by atoms with Gasteiger partial charge in [0, 0.05) is 13.7 Å². The van der Waals surface area contributed by atoms with Crippen LogP contribution >= 0.6 is 7.60 Å². The van der Waals surface area contributed by atoms with Gasteiger partial charge < -0.3 is 13.8 Å². The van der Waals surface area contributed by atoms with E-state index >= 15 is 0 Å². The van der Waals surface area contributed by atoms with E-state index in [9.17, 15) is 4.57 Å². The SMILES string of the molecule is CCCCCCC(CCOC)CCOP(=O)(CCCC)OCCCCC. The summed E-state index contributed by atoms with van der Waals surface area (Å²) in [6.45, 7) is 8.40. The van der Waals surface area contributed by atoms with Gasteiger partial charge in [0.25, 0.3) is 0 Å². The second kappa shape index (κ2) is 18.5. The summed E-state index contributed by atoms with van der Waals surface area (Å²) in [6.07, 6.45) is 14.0. The van der Waals surface area contributed by atoms with Gasteiger partial charge in [-0.05, 0) is 31.6 Å². The van der Waals surface area contributed by atoms with Crippen molar-refractivity contribution in [2.75, 3.05) is 33.1 Å². The molecule has 4 nitrogen and oxygen atoms in total. The third-order valence-corrected chi connectivity index (χ3v) is 6.85. The van der Waals surface area contributed by atoms with Crippen molar-refractivity contribution >= 4 is 7.60 Å². The fraction of sp³-hybridized carbons (Fsp3) is 1.00. The molecule has 0 aromatic heterocycles. The maximum absolute atomic E-state index is 13.0. The van der Waals surface area contributed by atoms with E-state index in [1.165, 1.54) is 32.1 Å². The van der Waals surface area contributed by atoms with Gasteiger partial charge in [-0.2, -0.15) is 0 Å². The molecule has 0 aromatic carbocycles. The molecule has 26 heavy (non-hydrogen) atoms. The van der Waals surface area contributed by atoms with E-state index in [-0.39, 0.29) is 0 Å². The van der Waals surface area contributed by atoms with E-state index in [0.29, 0.717) is 25.3 Å². The zero-order valence-electron chi connectivity index (χ0n) is 18.0. The molecule has 0 aliphatic heterocycles. The number of hydrogen-bond donors (Lipinski definition) is 0. The van der Waals surface area contributed by atoms with Gasteiger partial charge in [-0.25, -0.2) is 0 Å². The summed E-state index contributed by atoms with van der Waals surface area (Å²) < 4.78 is 29.8. The summed E-state index contributed by atoms with van der Waals surface area (Å²) in [5, 5.41) is 0. The first kappa shape index (κ1) is 26.1. The molecule has 0 aliphatic rings. The lowest BCUT2D eigenvalue weighted by Gasteiger charge is -2.21. The fourth-order valence-corrected chi connectivity index (χ4v) is 4.84. The smallest absolute Gasteiger partial charge is 0.330 e. The van der Waals surface area contributed by atoms with E-state index in [0.717, 1.165) is 51.6 Å². The van der Waals surface area contributed by atoms with Gasteiger partial charge in [0.2, 0.25) is 0 Å². The van der Waals surface area contributed by atoms with Crippen LogP contribution in [0, 0.1) is 5.92 Å². The lowest BCUT2D eigenvalue weighted by Crippen LogP contribution is -2.10. The Morgan fingerprint density at radius 1 is 0.692 bits per heavy atom. The number of ether oxygens (including phenoxy) is 1. The summed E-state index contributed by atoms with van der Waals surface area (Å²) in [5.74, 6) is 0.589. The van der Waals surface area contributed by atoms with Gasteiger partial charge in [-0.3, -0.25) is 4.57 Å². The van der Waals surface area contributed by atoms with Crippen LogP contribution in [0.1, 0.15) is 97.8 Å². The fourth-order valence-electron chi connectivity index (χ4n) is 3.01. The van der Waals surface area contributed by atoms with E-state index in [1.54, 1.807) is 7.11 Å². The minimum Gasteiger partial charge on any atom is -0.385 e. The maximum Gasteiger partial charge on any atom is 0.330 e. The Morgan fingerprint density at radius 3 is 1.96 bits per heavy atom. The highest BCUT2D eigenvalue weighted by Crippen LogP contribution is 2.49. The molecule has 0 spiro atoms. The van der Waals surface area contributed by atoms with E-state index in [1.807, 2.05) is 0 Å². The Labute approximate surface area is 163 Å². The quantitative estimate of drug-likeness (QED) is 0.162. The van der Waals surface area contributed by atoms with Crippen LogP contribution in [0.4, 0.5) is 0 Å². The van der Waals surface area contributed by atoms with Crippen LogP contribution in [-0.2, 0) is 18.3 Å². The summed E-state index contributed by atoms with van der Waals surface area (Å²) in [4.78, 5) is 0. The predicted molar refractivity (Wildman–Crippen MR) is 112 cm³/mol. The summed E-state index contributed by atoms with van der Waals surface area (Å²) in [5.41, 5.74) is 0. The van der Waals surface area contributed by atoms with Crippen molar-refractivity contribution in [1.29, 1.82) is 0 Å². The first-order chi connectivity index (χ1) is 12.6. The summed E-state index contributed by atoms with van der Waals surface area (Å²) >= 11 is 0. The molecule has 0 fully saturated rings. The molecular formula is C21H45O4P. The molecule has 0 N–H and O–H groups in total. The second-order valence-electron chi connectivity index (χ2n) is 7.35. The van der Waals surface area contributed by atoms with Gasteiger partial charge in [0.05, 0.1) is 19.4 Å². The standard InChI is InChI=1S/C21H45O4P/c1-5-8-11-12-14-21(15-18-23-4)16-19-25-26(22,20-10-7-3)24-17-13-9-6-2/h21H,5-20H2,1-4H3. The summed E-state index contributed by atoms with van der Waals surface area (Å²) in [7, 11) is -1.17. The highest BCUT2D eigenvalue weighted by atomic mass is 31.2. The molecule has 0 heterocycles. The van der Waals surface area contributed by atoms with Crippen molar-refractivity contribution in [3.05, 3.63) is 0 Å². The molecule has 0 bridgehead atoms. The molecule has 0 saturated carbocycles. The number of hydrogen-bond acceptors (Lipinski definition) is 4. The Morgan fingerprint density at radius 2 is 1.31 bits per heavy atom. The Balaban J connectivity index is 4.32. The second-order valence-corrected chi connectivity index (χ2v) is 9.53. The molecule has 2 atom stereocenters. The lowest BCUT2D eigenvalue weighted by molar-refractivity contribution is 0.155. The van der Waals surface area contributed by atoms with E-state index in [2.05, 4.69) is 20.8 Å². The van der Waals surface area contributed by atoms with Crippen molar-refractivity contribution in [2.45, 2.75) is 97.8 Å². The maximum atomic E-state index is 13.0. The highest BCUT2D eigenvalue weighted by Gasteiger charge is 2.24. The van der Waals surface area contributed by atoms with Gasteiger partial charge in [-0.1, -0.05) is 72.1 Å². The van der Waals surface area contributed by atoms with Gasteiger partial charge >= 0.3 is 7.60 Å². The monoisotopic (exact) mass is 392 g/mol. The number of methoxy groups -OCH3 is 1. The predicted octanol–water partition coefficient (Wildman–Crippen LogP) is 7.22. The molecule has 0 aromatic rings. The molecule has 0 rings (SSSR count). The minimum absolute atomic E-state index is 0.539. The molecular weight excluding hydrogens is 347 g/mol. The summed E-state index contributed by atoms with van der Waals surface area (Å²) in [6, 6.07) is 0. The lowest BCUT2D eigenvalue weighted by atomic mass is 9.95. The van der Waals surface area contributed by atoms with Crippen LogP contribution in [0.3, 0.4) is 0 Å². The highest BCUT2D eigenvalue weighted by molar-refractivity contribution is 7.53. The van der Waals surface area contributed by atoms with Gasteiger partial charge in [0.1, 0.15) is 0 Å². The Bertz CT molecular complexity index is 336. The van der Waals surface area contributed by atoms with Crippen LogP contribution in [0.5, 0.6) is 0 Å². The van der Waals surface area contributed by atoms with Crippen molar-refractivity contribution in [3.8, 4) is 0 Å².